The van der Waals surface area contributed by atoms with Gasteiger partial charge in [0.1, 0.15) is 17.2 Å². The molecule has 6 nitrogen and oxygen atoms in total. The normalized spacial score (nSPS) is 11.5. The van der Waals surface area contributed by atoms with Crippen molar-refractivity contribution in [2.45, 2.75) is 4.90 Å². The molecule has 142 valence electrons. The molecule has 4 aromatic rings. The number of hydrogen-bond donors (Lipinski definition) is 1. The molecule has 2 aromatic carbocycles. The Morgan fingerprint density at radius 2 is 1.86 bits per heavy atom. The van der Waals surface area contributed by atoms with Crippen molar-refractivity contribution in [1.29, 1.82) is 0 Å². The molecule has 0 saturated heterocycles. The number of hydrogen-bond acceptors (Lipinski definition) is 4. The number of methoxy groups -OCH3 is 1. The lowest BCUT2D eigenvalue weighted by Gasteiger charge is -2.13. The molecule has 0 spiro atoms. The molecule has 0 amide bonds. The molecule has 1 N–H and O–H groups in total. The molecule has 8 heteroatoms. The highest BCUT2D eigenvalue weighted by atomic mass is 32.2. The summed E-state index contributed by atoms with van der Waals surface area (Å²) in [7, 11) is -2.45. The Balaban J connectivity index is 1.73. The van der Waals surface area contributed by atoms with Gasteiger partial charge in [-0.3, -0.25) is 4.72 Å². The third-order valence-electron chi connectivity index (χ3n) is 4.23. The molecule has 0 atom stereocenters. The predicted molar refractivity (Wildman–Crippen MR) is 104 cm³/mol. The van der Waals surface area contributed by atoms with Crippen LogP contribution >= 0.6 is 0 Å². The van der Waals surface area contributed by atoms with Crippen LogP contribution in [0.4, 0.5) is 10.1 Å². The van der Waals surface area contributed by atoms with Crippen molar-refractivity contribution in [3.8, 4) is 17.0 Å². The van der Waals surface area contributed by atoms with Crippen LogP contribution in [0.2, 0.25) is 0 Å². The van der Waals surface area contributed by atoms with E-state index in [0.717, 1.165) is 23.3 Å². The smallest absolute Gasteiger partial charge is 0.262 e. The standard InChI is InChI=1S/C20H16FN3O3S/c1-27-19-10-5-14(18-13-24-11-3-2-4-20(24)22-18)12-17(19)23-28(25,26)16-8-6-15(21)7-9-16/h2-13,23H,1H3. The zero-order valence-electron chi connectivity index (χ0n) is 14.8. The number of ether oxygens (including phenoxy) is 1. The first-order valence-electron chi connectivity index (χ1n) is 8.37. The molecule has 28 heavy (non-hydrogen) atoms. The van der Waals surface area contributed by atoms with Crippen LogP contribution in [-0.4, -0.2) is 24.9 Å². The molecule has 0 aliphatic carbocycles. The van der Waals surface area contributed by atoms with E-state index >= 15 is 0 Å². The SMILES string of the molecule is COc1ccc(-c2cn3ccccc3n2)cc1NS(=O)(=O)c1ccc(F)cc1. The maximum absolute atomic E-state index is 13.1. The van der Waals surface area contributed by atoms with Gasteiger partial charge in [-0.1, -0.05) is 6.07 Å². The van der Waals surface area contributed by atoms with E-state index in [0.29, 0.717) is 11.4 Å². The number of rotatable bonds is 5. The Hall–Kier alpha value is -3.39. The van der Waals surface area contributed by atoms with Crippen LogP contribution in [-0.2, 0) is 10.0 Å². The van der Waals surface area contributed by atoms with E-state index in [4.69, 9.17) is 4.74 Å². The van der Waals surface area contributed by atoms with Gasteiger partial charge in [-0.25, -0.2) is 17.8 Å². The van der Waals surface area contributed by atoms with Gasteiger partial charge in [-0.2, -0.15) is 0 Å². The van der Waals surface area contributed by atoms with E-state index < -0.39 is 15.8 Å². The topological polar surface area (TPSA) is 72.7 Å². The zero-order chi connectivity index (χ0) is 19.7. The molecule has 0 saturated carbocycles. The van der Waals surface area contributed by atoms with Crippen molar-refractivity contribution in [3.63, 3.8) is 0 Å². The summed E-state index contributed by atoms with van der Waals surface area (Å²) in [6.45, 7) is 0. The van der Waals surface area contributed by atoms with E-state index in [-0.39, 0.29) is 10.6 Å². The lowest BCUT2D eigenvalue weighted by atomic mass is 10.1. The van der Waals surface area contributed by atoms with Gasteiger partial charge in [0.05, 0.1) is 23.4 Å². The minimum Gasteiger partial charge on any atom is -0.495 e. The summed E-state index contributed by atoms with van der Waals surface area (Å²) in [5.74, 6) is -0.149. The summed E-state index contributed by atoms with van der Waals surface area (Å²) in [6.07, 6.45) is 3.74. The fraction of sp³-hybridized carbons (Fsp3) is 0.0500. The Kier molecular flexibility index (Phi) is 4.48. The highest BCUT2D eigenvalue weighted by Crippen LogP contribution is 2.32. The van der Waals surface area contributed by atoms with Crippen molar-refractivity contribution in [3.05, 3.63) is 78.9 Å². The summed E-state index contributed by atoms with van der Waals surface area (Å²) in [5, 5.41) is 0. The molecule has 4 rings (SSSR count). The first-order valence-corrected chi connectivity index (χ1v) is 9.85. The molecule has 2 heterocycles. The quantitative estimate of drug-likeness (QED) is 0.553. The zero-order valence-corrected chi connectivity index (χ0v) is 15.7. The van der Waals surface area contributed by atoms with Gasteiger partial charge >= 0.3 is 0 Å². The van der Waals surface area contributed by atoms with Crippen LogP contribution in [0.15, 0.2) is 78.0 Å². The minimum atomic E-state index is -3.91. The van der Waals surface area contributed by atoms with E-state index in [1.54, 1.807) is 18.2 Å². The number of halogens is 1. The van der Waals surface area contributed by atoms with Gasteiger partial charge in [-0.05, 0) is 54.6 Å². The van der Waals surface area contributed by atoms with Crippen LogP contribution in [0.5, 0.6) is 5.75 Å². The van der Waals surface area contributed by atoms with Gasteiger partial charge in [0.25, 0.3) is 10.0 Å². The van der Waals surface area contributed by atoms with Crippen LogP contribution in [0, 0.1) is 5.82 Å². The van der Waals surface area contributed by atoms with Crippen LogP contribution in [0.1, 0.15) is 0 Å². The Bertz CT molecular complexity index is 1220. The fourth-order valence-electron chi connectivity index (χ4n) is 2.84. The number of aromatic nitrogens is 2. The second kappa shape index (κ2) is 6.97. The average Bonchev–Trinajstić information content (AvgIpc) is 3.12. The van der Waals surface area contributed by atoms with E-state index in [1.165, 1.54) is 19.2 Å². The van der Waals surface area contributed by atoms with Gasteiger partial charge in [-0.15, -0.1) is 0 Å². The Morgan fingerprint density at radius 1 is 1.07 bits per heavy atom. The van der Waals surface area contributed by atoms with Gasteiger partial charge in [0.2, 0.25) is 0 Å². The third-order valence-corrected chi connectivity index (χ3v) is 5.61. The first-order chi connectivity index (χ1) is 13.5. The van der Waals surface area contributed by atoms with Gasteiger partial charge in [0.15, 0.2) is 0 Å². The molecule has 0 bridgehead atoms. The number of fused-ring (bicyclic) bond motifs is 1. The summed E-state index contributed by atoms with van der Waals surface area (Å²) in [4.78, 5) is 4.50. The molecule has 0 unspecified atom stereocenters. The van der Waals surface area contributed by atoms with E-state index in [9.17, 15) is 12.8 Å². The van der Waals surface area contributed by atoms with Crippen molar-refractivity contribution >= 4 is 21.4 Å². The Morgan fingerprint density at radius 3 is 2.57 bits per heavy atom. The third kappa shape index (κ3) is 3.41. The fourth-order valence-corrected chi connectivity index (χ4v) is 3.90. The second-order valence-corrected chi connectivity index (χ2v) is 7.75. The summed E-state index contributed by atoms with van der Waals surface area (Å²) in [6, 6.07) is 15.4. The number of nitrogens with one attached hydrogen (secondary N) is 1. The molecule has 0 radical (unpaired) electrons. The number of sulfonamides is 1. The molecule has 0 aliphatic rings. The van der Waals surface area contributed by atoms with E-state index in [2.05, 4.69) is 9.71 Å². The van der Waals surface area contributed by atoms with Crippen LogP contribution in [0.25, 0.3) is 16.9 Å². The maximum Gasteiger partial charge on any atom is 0.262 e. The van der Waals surface area contributed by atoms with Crippen molar-refractivity contribution in [1.82, 2.24) is 9.38 Å². The lowest BCUT2D eigenvalue weighted by molar-refractivity contribution is 0.417. The van der Waals surface area contributed by atoms with E-state index in [1.807, 2.05) is 35.0 Å². The molecular formula is C20H16FN3O3S. The number of nitrogens with zero attached hydrogens (tertiary/aromatic N) is 2. The predicted octanol–water partition coefficient (Wildman–Crippen LogP) is 3.95. The number of benzene rings is 2. The van der Waals surface area contributed by atoms with Crippen molar-refractivity contribution in [2.75, 3.05) is 11.8 Å². The van der Waals surface area contributed by atoms with Crippen molar-refractivity contribution < 1.29 is 17.5 Å². The monoisotopic (exact) mass is 397 g/mol. The second-order valence-electron chi connectivity index (χ2n) is 6.07. The van der Waals surface area contributed by atoms with Crippen LogP contribution in [0.3, 0.4) is 0 Å². The highest BCUT2D eigenvalue weighted by Gasteiger charge is 2.18. The summed E-state index contributed by atoms with van der Waals surface area (Å²) >= 11 is 0. The molecule has 0 fully saturated rings. The van der Waals surface area contributed by atoms with Crippen LogP contribution < -0.4 is 9.46 Å². The number of imidazole rings is 1. The maximum atomic E-state index is 13.1. The summed E-state index contributed by atoms with van der Waals surface area (Å²) < 4.78 is 48.1. The van der Waals surface area contributed by atoms with Gasteiger partial charge in [0, 0.05) is 18.0 Å². The van der Waals surface area contributed by atoms with Gasteiger partial charge < -0.3 is 9.14 Å². The lowest BCUT2D eigenvalue weighted by Crippen LogP contribution is -2.13. The minimum absolute atomic E-state index is 0.0471. The molecule has 0 aliphatic heterocycles. The number of anilines is 1. The van der Waals surface area contributed by atoms with Crippen molar-refractivity contribution in [2.24, 2.45) is 0 Å². The summed E-state index contributed by atoms with van der Waals surface area (Å²) in [5.41, 5.74) is 2.46. The molecular weight excluding hydrogens is 381 g/mol. The first kappa shape index (κ1) is 18.0. The largest absolute Gasteiger partial charge is 0.495 e. The number of pyridine rings is 1. The molecule has 2 aromatic heterocycles. The highest BCUT2D eigenvalue weighted by molar-refractivity contribution is 7.92. The average molecular weight is 397 g/mol. The Labute approximate surface area is 161 Å².